The van der Waals surface area contributed by atoms with Gasteiger partial charge in [-0.2, -0.15) is 0 Å². The molecule has 1 aromatic heterocycles. The zero-order valence-corrected chi connectivity index (χ0v) is 8.66. The van der Waals surface area contributed by atoms with Gasteiger partial charge in [0.15, 0.2) is 0 Å². The van der Waals surface area contributed by atoms with E-state index in [2.05, 4.69) is 9.97 Å². The van der Waals surface area contributed by atoms with Gasteiger partial charge in [-0.1, -0.05) is 19.3 Å². The van der Waals surface area contributed by atoms with Crippen molar-refractivity contribution in [3.05, 3.63) is 17.7 Å². The highest BCUT2D eigenvalue weighted by Crippen LogP contribution is 2.33. The molecule has 1 fully saturated rings. The normalized spacial score (nSPS) is 18.4. The first-order valence-electron chi connectivity index (χ1n) is 5.36. The van der Waals surface area contributed by atoms with Crippen molar-refractivity contribution in [2.75, 3.05) is 5.73 Å². The summed E-state index contributed by atoms with van der Waals surface area (Å²) in [7, 11) is 0. The maximum absolute atomic E-state index is 5.90. The fraction of sp³-hybridized carbons (Fsp3) is 0.636. The van der Waals surface area contributed by atoms with Crippen LogP contribution in [0.3, 0.4) is 0 Å². The fourth-order valence-corrected chi connectivity index (χ4v) is 2.20. The van der Waals surface area contributed by atoms with Gasteiger partial charge in [0.25, 0.3) is 0 Å². The molecule has 1 heterocycles. The molecule has 0 atom stereocenters. The van der Waals surface area contributed by atoms with Crippen molar-refractivity contribution < 1.29 is 0 Å². The Hall–Kier alpha value is -1.12. The summed E-state index contributed by atoms with van der Waals surface area (Å²) < 4.78 is 0. The Morgan fingerprint density at radius 1 is 1.29 bits per heavy atom. The van der Waals surface area contributed by atoms with Crippen LogP contribution in [-0.4, -0.2) is 9.97 Å². The number of hydrogen-bond acceptors (Lipinski definition) is 3. The van der Waals surface area contributed by atoms with E-state index < -0.39 is 0 Å². The van der Waals surface area contributed by atoms with Gasteiger partial charge in [-0.05, 0) is 19.8 Å². The highest BCUT2D eigenvalue weighted by atomic mass is 14.9. The van der Waals surface area contributed by atoms with E-state index in [1.54, 1.807) is 6.20 Å². The molecular weight excluding hydrogens is 174 g/mol. The minimum absolute atomic E-state index is 0.574. The maximum atomic E-state index is 5.90. The van der Waals surface area contributed by atoms with Crippen molar-refractivity contribution in [1.29, 1.82) is 0 Å². The largest absolute Gasteiger partial charge is 0.396 e. The molecule has 0 radical (unpaired) electrons. The Labute approximate surface area is 84.8 Å². The van der Waals surface area contributed by atoms with Crippen LogP contribution in [0.4, 0.5) is 5.69 Å². The van der Waals surface area contributed by atoms with Crippen molar-refractivity contribution >= 4 is 5.69 Å². The molecule has 3 heteroatoms. The van der Waals surface area contributed by atoms with Gasteiger partial charge in [-0.25, -0.2) is 9.97 Å². The van der Waals surface area contributed by atoms with Crippen molar-refractivity contribution in [1.82, 2.24) is 9.97 Å². The number of aromatic nitrogens is 2. The number of hydrogen-bond donors (Lipinski definition) is 1. The quantitative estimate of drug-likeness (QED) is 0.741. The molecular formula is C11H17N3. The van der Waals surface area contributed by atoms with Crippen LogP contribution in [0, 0.1) is 6.92 Å². The lowest BCUT2D eigenvalue weighted by atomic mass is 9.86. The van der Waals surface area contributed by atoms with E-state index in [0.717, 1.165) is 17.2 Å². The van der Waals surface area contributed by atoms with Crippen LogP contribution in [0.1, 0.15) is 49.5 Å². The second-order valence-corrected chi connectivity index (χ2v) is 4.09. The van der Waals surface area contributed by atoms with Gasteiger partial charge >= 0.3 is 0 Å². The van der Waals surface area contributed by atoms with Crippen molar-refractivity contribution in [2.24, 2.45) is 0 Å². The predicted octanol–water partition coefficient (Wildman–Crippen LogP) is 2.41. The third kappa shape index (κ3) is 1.86. The van der Waals surface area contributed by atoms with Gasteiger partial charge in [-0.15, -0.1) is 0 Å². The van der Waals surface area contributed by atoms with Crippen LogP contribution < -0.4 is 5.73 Å². The number of nitrogens with zero attached hydrogens (tertiary/aromatic N) is 2. The third-order valence-electron chi connectivity index (χ3n) is 2.96. The average molecular weight is 191 g/mol. The SMILES string of the molecule is Cc1ncc(N)c(C2CCCCC2)n1. The number of aryl methyl sites for hydroxylation is 1. The van der Waals surface area contributed by atoms with E-state index >= 15 is 0 Å². The lowest BCUT2D eigenvalue weighted by Crippen LogP contribution is -2.10. The van der Waals surface area contributed by atoms with Gasteiger partial charge in [0, 0.05) is 5.92 Å². The molecule has 3 nitrogen and oxygen atoms in total. The molecule has 1 saturated carbocycles. The van der Waals surface area contributed by atoms with Crippen LogP contribution in [0.5, 0.6) is 0 Å². The summed E-state index contributed by atoms with van der Waals surface area (Å²) in [6.07, 6.45) is 8.20. The number of nitrogens with two attached hydrogens (primary N) is 1. The summed E-state index contributed by atoms with van der Waals surface area (Å²) in [4.78, 5) is 8.56. The second-order valence-electron chi connectivity index (χ2n) is 4.09. The number of nitrogen functional groups attached to an aromatic ring is 1. The molecule has 0 unspecified atom stereocenters. The molecule has 2 rings (SSSR count). The van der Waals surface area contributed by atoms with Crippen LogP contribution in [0.25, 0.3) is 0 Å². The van der Waals surface area contributed by atoms with Gasteiger partial charge in [0.2, 0.25) is 0 Å². The van der Waals surface area contributed by atoms with Gasteiger partial charge in [0.1, 0.15) is 5.82 Å². The summed E-state index contributed by atoms with van der Waals surface area (Å²) in [6, 6.07) is 0. The molecule has 76 valence electrons. The highest BCUT2D eigenvalue weighted by Gasteiger charge is 2.19. The smallest absolute Gasteiger partial charge is 0.125 e. The summed E-state index contributed by atoms with van der Waals surface area (Å²) >= 11 is 0. The van der Waals surface area contributed by atoms with E-state index in [1.165, 1.54) is 32.1 Å². The third-order valence-corrected chi connectivity index (χ3v) is 2.96. The van der Waals surface area contributed by atoms with Gasteiger partial charge in [-0.3, -0.25) is 0 Å². The Bertz CT molecular complexity index is 316. The van der Waals surface area contributed by atoms with Crippen LogP contribution in [0.2, 0.25) is 0 Å². The standard InChI is InChI=1S/C11H17N3/c1-8-13-7-10(12)11(14-8)9-5-3-2-4-6-9/h7,9H,2-6,12H2,1H3. The Kier molecular flexibility index (Phi) is 2.66. The second kappa shape index (κ2) is 3.95. The van der Waals surface area contributed by atoms with E-state index in [9.17, 15) is 0 Å². The first kappa shape index (κ1) is 9.44. The van der Waals surface area contributed by atoms with E-state index in [0.29, 0.717) is 5.92 Å². The predicted molar refractivity (Wildman–Crippen MR) is 57.0 cm³/mol. The molecule has 0 bridgehead atoms. The highest BCUT2D eigenvalue weighted by molar-refractivity contribution is 5.42. The van der Waals surface area contributed by atoms with Crippen LogP contribution in [-0.2, 0) is 0 Å². The fourth-order valence-electron chi connectivity index (χ4n) is 2.20. The molecule has 0 aromatic carbocycles. The van der Waals surface area contributed by atoms with Crippen molar-refractivity contribution in [2.45, 2.75) is 44.9 Å². The van der Waals surface area contributed by atoms with E-state index in [1.807, 2.05) is 6.92 Å². The number of anilines is 1. The lowest BCUT2D eigenvalue weighted by Gasteiger charge is -2.22. The zero-order chi connectivity index (χ0) is 9.97. The summed E-state index contributed by atoms with van der Waals surface area (Å²) in [5.74, 6) is 1.41. The number of rotatable bonds is 1. The summed E-state index contributed by atoms with van der Waals surface area (Å²) in [5, 5.41) is 0. The molecule has 0 amide bonds. The molecule has 0 spiro atoms. The molecule has 14 heavy (non-hydrogen) atoms. The first-order chi connectivity index (χ1) is 6.77. The minimum Gasteiger partial charge on any atom is -0.396 e. The van der Waals surface area contributed by atoms with Crippen molar-refractivity contribution in [3.8, 4) is 0 Å². The monoisotopic (exact) mass is 191 g/mol. The zero-order valence-electron chi connectivity index (χ0n) is 8.66. The van der Waals surface area contributed by atoms with Crippen LogP contribution >= 0.6 is 0 Å². The average Bonchev–Trinajstić information content (AvgIpc) is 2.23. The minimum atomic E-state index is 0.574. The summed E-state index contributed by atoms with van der Waals surface area (Å²) in [5.41, 5.74) is 7.74. The van der Waals surface area contributed by atoms with Crippen molar-refractivity contribution in [3.63, 3.8) is 0 Å². The first-order valence-corrected chi connectivity index (χ1v) is 5.36. The van der Waals surface area contributed by atoms with Gasteiger partial charge in [0.05, 0.1) is 17.6 Å². The topological polar surface area (TPSA) is 51.8 Å². The maximum Gasteiger partial charge on any atom is 0.125 e. The molecule has 1 aliphatic carbocycles. The van der Waals surface area contributed by atoms with Gasteiger partial charge < -0.3 is 5.73 Å². The molecule has 1 aliphatic rings. The molecule has 0 saturated heterocycles. The molecule has 2 N–H and O–H groups in total. The molecule has 1 aromatic rings. The summed E-state index contributed by atoms with van der Waals surface area (Å²) in [6.45, 7) is 1.92. The Morgan fingerprint density at radius 2 is 2.00 bits per heavy atom. The Balaban J connectivity index is 2.24. The Morgan fingerprint density at radius 3 is 2.71 bits per heavy atom. The van der Waals surface area contributed by atoms with Crippen LogP contribution in [0.15, 0.2) is 6.20 Å². The lowest BCUT2D eigenvalue weighted by molar-refractivity contribution is 0.436. The van der Waals surface area contributed by atoms with E-state index in [-0.39, 0.29) is 0 Å². The van der Waals surface area contributed by atoms with E-state index in [4.69, 9.17) is 5.73 Å². The molecule has 0 aliphatic heterocycles.